The van der Waals surface area contributed by atoms with E-state index in [2.05, 4.69) is 52.0 Å². The summed E-state index contributed by atoms with van der Waals surface area (Å²) < 4.78 is 1.87. The number of nitrogens with zero attached hydrogens (tertiary/aromatic N) is 5. The van der Waals surface area contributed by atoms with Gasteiger partial charge < -0.3 is 15.2 Å². The number of benzene rings is 2. The first-order chi connectivity index (χ1) is 13.5. The number of halogens is 1. The molecule has 0 aliphatic carbocycles. The minimum absolute atomic E-state index is 0.149. The van der Waals surface area contributed by atoms with Crippen molar-refractivity contribution in [3.63, 3.8) is 0 Å². The Bertz CT molecular complexity index is 1140. The Morgan fingerprint density at radius 3 is 2.54 bits per heavy atom. The van der Waals surface area contributed by atoms with Gasteiger partial charge >= 0.3 is 0 Å². The van der Waals surface area contributed by atoms with Crippen molar-refractivity contribution in [3.8, 4) is 11.3 Å². The number of anilines is 2. The maximum Gasteiger partial charge on any atom is 0.222 e. The number of rotatable bonds is 4. The fourth-order valence-corrected chi connectivity index (χ4v) is 3.60. The molecule has 142 valence electrons. The highest BCUT2D eigenvalue weighted by Gasteiger charge is 2.22. The summed E-state index contributed by atoms with van der Waals surface area (Å²) in [5, 5.41) is 0.197. The van der Waals surface area contributed by atoms with Crippen LogP contribution in [-0.2, 0) is 7.05 Å². The highest BCUT2D eigenvalue weighted by atomic mass is 35.5. The second kappa shape index (κ2) is 7.13. The molecule has 4 aromatic rings. The Balaban J connectivity index is 1.94. The first kappa shape index (κ1) is 18.3. The molecule has 7 heteroatoms. The minimum Gasteiger partial charge on any atom is -0.369 e. The fourth-order valence-electron chi connectivity index (χ4n) is 3.45. The molecule has 1 atom stereocenters. The van der Waals surface area contributed by atoms with Crippen LogP contribution < -0.4 is 10.6 Å². The molecule has 0 amide bonds. The average Bonchev–Trinajstić information content (AvgIpc) is 3.00. The molecule has 2 aromatic carbocycles. The summed E-state index contributed by atoms with van der Waals surface area (Å²) in [5.74, 6) is 0.451. The van der Waals surface area contributed by atoms with Crippen molar-refractivity contribution >= 4 is 34.3 Å². The lowest BCUT2D eigenvalue weighted by Crippen LogP contribution is -2.22. The van der Waals surface area contributed by atoms with Crippen LogP contribution in [0.4, 0.5) is 11.6 Å². The standard InChI is InChI=1S/C21H21ClN6/c1-13(14-7-5-4-6-8-14)27(2)16-9-10-17-19(26-21(23)28(17)3)18(16)15-11-12-24-20(22)25-15/h4-13H,1-3H3,(H2,23,26). The molecule has 0 fully saturated rings. The predicted molar refractivity (Wildman–Crippen MR) is 114 cm³/mol. The third-order valence-electron chi connectivity index (χ3n) is 5.19. The van der Waals surface area contributed by atoms with Gasteiger partial charge in [0.05, 0.1) is 22.8 Å². The van der Waals surface area contributed by atoms with Gasteiger partial charge in [-0.2, -0.15) is 0 Å². The normalized spacial score (nSPS) is 12.3. The van der Waals surface area contributed by atoms with Crippen molar-refractivity contribution in [1.29, 1.82) is 0 Å². The first-order valence-corrected chi connectivity index (χ1v) is 9.36. The van der Waals surface area contributed by atoms with Crippen molar-refractivity contribution in [1.82, 2.24) is 19.5 Å². The largest absolute Gasteiger partial charge is 0.369 e. The number of hydrogen-bond donors (Lipinski definition) is 1. The summed E-state index contributed by atoms with van der Waals surface area (Å²) in [4.78, 5) is 15.3. The first-order valence-electron chi connectivity index (χ1n) is 8.99. The molecule has 2 aromatic heterocycles. The van der Waals surface area contributed by atoms with E-state index >= 15 is 0 Å². The highest BCUT2D eigenvalue weighted by molar-refractivity contribution is 6.28. The molecule has 0 spiro atoms. The van der Waals surface area contributed by atoms with Crippen molar-refractivity contribution in [2.75, 3.05) is 17.7 Å². The molecule has 6 nitrogen and oxygen atoms in total. The lowest BCUT2D eigenvalue weighted by atomic mass is 10.0. The zero-order chi connectivity index (χ0) is 19.8. The number of fused-ring (bicyclic) bond motifs is 1. The van der Waals surface area contributed by atoms with E-state index in [-0.39, 0.29) is 11.3 Å². The summed E-state index contributed by atoms with van der Waals surface area (Å²) in [6.07, 6.45) is 1.65. The molecule has 2 heterocycles. The van der Waals surface area contributed by atoms with Crippen LogP contribution in [-0.4, -0.2) is 26.6 Å². The predicted octanol–water partition coefficient (Wildman–Crippen LogP) is 4.46. The monoisotopic (exact) mass is 392 g/mol. The van der Waals surface area contributed by atoms with Crippen LogP contribution in [0.5, 0.6) is 0 Å². The molecule has 4 rings (SSSR count). The van der Waals surface area contributed by atoms with Gasteiger partial charge in [0.15, 0.2) is 0 Å². The van der Waals surface area contributed by atoms with E-state index in [1.807, 2.05) is 41.9 Å². The van der Waals surface area contributed by atoms with Crippen LogP contribution >= 0.6 is 11.6 Å². The summed E-state index contributed by atoms with van der Waals surface area (Å²) in [6, 6.07) is 16.5. The Kier molecular flexibility index (Phi) is 4.65. The van der Waals surface area contributed by atoms with Crippen LogP contribution in [0.15, 0.2) is 54.7 Å². The van der Waals surface area contributed by atoms with Crippen molar-refractivity contribution in [2.24, 2.45) is 7.05 Å². The lowest BCUT2D eigenvalue weighted by Gasteiger charge is -2.29. The Hall–Kier alpha value is -3.12. The second-order valence-electron chi connectivity index (χ2n) is 6.76. The van der Waals surface area contributed by atoms with Gasteiger partial charge in [-0.25, -0.2) is 15.0 Å². The van der Waals surface area contributed by atoms with E-state index in [0.29, 0.717) is 11.6 Å². The third kappa shape index (κ3) is 3.05. The summed E-state index contributed by atoms with van der Waals surface area (Å²) in [7, 11) is 3.97. The molecule has 0 saturated heterocycles. The van der Waals surface area contributed by atoms with Crippen LogP contribution in [0.25, 0.3) is 22.3 Å². The van der Waals surface area contributed by atoms with Crippen LogP contribution in [0.3, 0.4) is 0 Å². The molecular formula is C21H21ClN6. The van der Waals surface area contributed by atoms with E-state index in [4.69, 9.17) is 17.3 Å². The molecule has 0 saturated carbocycles. The summed E-state index contributed by atoms with van der Waals surface area (Å²) in [5.41, 5.74) is 11.6. The van der Waals surface area contributed by atoms with Crippen molar-refractivity contribution in [2.45, 2.75) is 13.0 Å². The topological polar surface area (TPSA) is 72.9 Å². The summed E-state index contributed by atoms with van der Waals surface area (Å²) >= 11 is 6.09. The maximum atomic E-state index is 6.09. The molecule has 0 radical (unpaired) electrons. The van der Waals surface area contributed by atoms with Crippen molar-refractivity contribution in [3.05, 3.63) is 65.6 Å². The van der Waals surface area contributed by atoms with Gasteiger partial charge in [-0.1, -0.05) is 30.3 Å². The van der Waals surface area contributed by atoms with E-state index in [0.717, 1.165) is 22.3 Å². The van der Waals surface area contributed by atoms with Crippen LogP contribution in [0, 0.1) is 0 Å². The van der Waals surface area contributed by atoms with E-state index < -0.39 is 0 Å². The fraction of sp³-hybridized carbons (Fsp3) is 0.190. The number of imidazole rings is 1. The van der Waals surface area contributed by atoms with E-state index in [1.54, 1.807) is 6.20 Å². The average molecular weight is 393 g/mol. The van der Waals surface area contributed by atoms with Gasteiger partial charge in [-0.15, -0.1) is 0 Å². The number of aromatic nitrogens is 4. The van der Waals surface area contributed by atoms with E-state index in [1.165, 1.54) is 5.56 Å². The second-order valence-corrected chi connectivity index (χ2v) is 7.10. The molecule has 0 bridgehead atoms. The lowest BCUT2D eigenvalue weighted by molar-refractivity contribution is 0.741. The molecular weight excluding hydrogens is 372 g/mol. The molecule has 28 heavy (non-hydrogen) atoms. The number of nitrogen functional groups attached to an aromatic ring is 1. The zero-order valence-electron chi connectivity index (χ0n) is 16.0. The van der Waals surface area contributed by atoms with Gasteiger partial charge in [-0.3, -0.25) is 0 Å². The Morgan fingerprint density at radius 1 is 1.07 bits per heavy atom. The maximum absolute atomic E-state index is 6.09. The molecule has 0 aliphatic rings. The number of aryl methyl sites for hydroxylation is 1. The molecule has 2 N–H and O–H groups in total. The number of nitrogens with two attached hydrogens (primary N) is 1. The highest BCUT2D eigenvalue weighted by Crippen LogP contribution is 2.39. The number of hydrogen-bond acceptors (Lipinski definition) is 5. The molecule has 0 aliphatic heterocycles. The van der Waals surface area contributed by atoms with Gasteiger partial charge in [0.1, 0.15) is 5.52 Å². The van der Waals surface area contributed by atoms with Crippen molar-refractivity contribution < 1.29 is 0 Å². The van der Waals surface area contributed by atoms with Crippen LogP contribution in [0.2, 0.25) is 5.28 Å². The minimum atomic E-state index is 0.149. The SMILES string of the molecule is CC(c1ccccc1)N(C)c1ccc2c(nc(N)n2C)c1-c1ccnc(Cl)n1. The third-order valence-corrected chi connectivity index (χ3v) is 5.37. The van der Waals surface area contributed by atoms with Gasteiger partial charge in [0.2, 0.25) is 11.2 Å². The quantitative estimate of drug-likeness (QED) is 0.519. The molecule has 1 unspecified atom stereocenters. The Labute approximate surface area is 168 Å². The van der Waals surface area contributed by atoms with Gasteiger partial charge in [-0.05, 0) is 42.3 Å². The van der Waals surface area contributed by atoms with Gasteiger partial charge in [0.25, 0.3) is 0 Å². The summed E-state index contributed by atoms with van der Waals surface area (Å²) in [6.45, 7) is 2.17. The van der Waals surface area contributed by atoms with Gasteiger partial charge in [0, 0.05) is 26.0 Å². The Morgan fingerprint density at radius 2 is 1.82 bits per heavy atom. The van der Waals surface area contributed by atoms with Crippen LogP contribution in [0.1, 0.15) is 18.5 Å². The van der Waals surface area contributed by atoms with E-state index in [9.17, 15) is 0 Å². The smallest absolute Gasteiger partial charge is 0.222 e. The zero-order valence-corrected chi connectivity index (χ0v) is 16.7.